The van der Waals surface area contributed by atoms with Crippen molar-refractivity contribution in [2.75, 3.05) is 30.9 Å². The van der Waals surface area contributed by atoms with Crippen LogP contribution in [0.4, 0.5) is 10.4 Å². The molecule has 1 N–H and O–H groups in total. The molecule has 8 nitrogen and oxygen atoms in total. The van der Waals surface area contributed by atoms with E-state index in [-0.39, 0.29) is 30.1 Å². The summed E-state index contributed by atoms with van der Waals surface area (Å²) in [6, 6.07) is 9.57. The van der Waals surface area contributed by atoms with Crippen LogP contribution in [0.1, 0.15) is 27.2 Å². The lowest BCUT2D eigenvalue weighted by Crippen LogP contribution is -2.12. The number of hydrogen-bond acceptors (Lipinski definition) is 8. The van der Waals surface area contributed by atoms with Crippen LogP contribution in [0.2, 0.25) is 0 Å². The molecule has 0 fully saturated rings. The average molecular weight is 476 g/mol. The number of carbonyl (C=O) groups is 1. The summed E-state index contributed by atoms with van der Waals surface area (Å²) < 4.78 is 35.7. The van der Waals surface area contributed by atoms with E-state index in [0.29, 0.717) is 48.4 Å². The van der Waals surface area contributed by atoms with Crippen LogP contribution in [0.25, 0.3) is 11.5 Å². The lowest BCUT2D eigenvalue weighted by atomic mass is 10.2. The fraction of sp³-hybridized carbons (Fsp3) is 0.348. The largest absolute Gasteiger partial charge is 0.490 e. The molecule has 33 heavy (non-hydrogen) atoms. The summed E-state index contributed by atoms with van der Waals surface area (Å²) in [6.07, 6.45) is 0.228. The SMILES string of the molecule is CCOc1cc(-c2nnc(NC(=O)CCSc3ccc(F)cc3)o2)cc(OCC)c1OCC. The zero-order valence-electron chi connectivity index (χ0n) is 18.7. The van der Waals surface area contributed by atoms with Gasteiger partial charge in [0.2, 0.25) is 17.5 Å². The quantitative estimate of drug-likeness (QED) is 0.358. The number of aromatic nitrogens is 2. The van der Waals surface area contributed by atoms with Gasteiger partial charge in [-0.05, 0) is 57.2 Å². The molecule has 1 aromatic heterocycles. The minimum atomic E-state index is -0.293. The fourth-order valence-electron chi connectivity index (χ4n) is 2.88. The van der Waals surface area contributed by atoms with Crippen molar-refractivity contribution in [2.24, 2.45) is 0 Å². The molecule has 0 aliphatic rings. The Morgan fingerprint density at radius 2 is 1.64 bits per heavy atom. The van der Waals surface area contributed by atoms with Gasteiger partial charge in [0.25, 0.3) is 0 Å². The number of rotatable bonds is 12. The Bertz CT molecular complexity index is 1030. The van der Waals surface area contributed by atoms with Crippen molar-refractivity contribution in [1.82, 2.24) is 10.2 Å². The van der Waals surface area contributed by atoms with Gasteiger partial charge in [0.15, 0.2) is 11.5 Å². The first-order valence-corrected chi connectivity index (χ1v) is 11.6. The van der Waals surface area contributed by atoms with Gasteiger partial charge in [-0.15, -0.1) is 16.9 Å². The highest BCUT2D eigenvalue weighted by molar-refractivity contribution is 7.99. The number of hydrogen-bond donors (Lipinski definition) is 1. The third kappa shape index (κ3) is 6.85. The van der Waals surface area contributed by atoms with Crippen molar-refractivity contribution < 1.29 is 27.8 Å². The molecule has 0 atom stereocenters. The molecule has 3 aromatic rings. The maximum Gasteiger partial charge on any atom is 0.322 e. The zero-order chi connectivity index (χ0) is 23.6. The number of halogens is 1. The van der Waals surface area contributed by atoms with Crippen molar-refractivity contribution in [1.29, 1.82) is 0 Å². The Morgan fingerprint density at radius 1 is 1.00 bits per heavy atom. The molecule has 0 aliphatic heterocycles. The van der Waals surface area contributed by atoms with Crippen LogP contribution in [0.15, 0.2) is 45.7 Å². The average Bonchev–Trinajstić information content (AvgIpc) is 3.26. The van der Waals surface area contributed by atoms with Crippen molar-refractivity contribution in [3.8, 4) is 28.7 Å². The van der Waals surface area contributed by atoms with E-state index in [9.17, 15) is 9.18 Å². The Morgan fingerprint density at radius 3 is 2.24 bits per heavy atom. The molecule has 1 heterocycles. The number of ether oxygens (including phenoxy) is 3. The van der Waals surface area contributed by atoms with E-state index in [4.69, 9.17) is 18.6 Å². The van der Waals surface area contributed by atoms with E-state index < -0.39 is 0 Å². The second-order valence-corrected chi connectivity index (χ2v) is 7.78. The first kappa shape index (κ1) is 24.4. The highest BCUT2D eigenvalue weighted by atomic mass is 32.2. The summed E-state index contributed by atoms with van der Waals surface area (Å²) in [4.78, 5) is 13.1. The topological polar surface area (TPSA) is 95.7 Å². The van der Waals surface area contributed by atoms with Gasteiger partial charge in [0, 0.05) is 22.6 Å². The zero-order valence-corrected chi connectivity index (χ0v) is 19.5. The molecule has 1 amide bonds. The number of thioether (sulfide) groups is 1. The molecular formula is C23H26FN3O5S. The molecule has 0 bridgehead atoms. The Kier molecular flexibility index (Phi) is 8.94. The molecule has 0 spiro atoms. The molecule has 10 heteroatoms. The predicted octanol–water partition coefficient (Wildman–Crippen LogP) is 5.19. The Balaban J connectivity index is 1.67. The number of anilines is 1. The number of nitrogens with one attached hydrogen (secondary N) is 1. The molecule has 0 aliphatic carbocycles. The molecule has 0 saturated heterocycles. The van der Waals surface area contributed by atoms with Crippen LogP contribution >= 0.6 is 11.8 Å². The molecular weight excluding hydrogens is 449 g/mol. The van der Waals surface area contributed by atoms with Crippen LogP contribution in [0, 0.1) is 5.82 Å². The van der Waals surface area contributed by atoms with Crippen LogP contribution < -0.4 is 19.5 Å². The summed E-state index contributed by atoms with van der Waals surface area (Å²) >= 11 is 1.45. The number of nitrogens with zero attached hydrogens (tertiary/aromatic N) is 2. The third-order valence-electron chi connectivity index (χ3n) is 4.24. The highest BCUT2D eigenvalue weighted by Gasteiger charge is 2.19. The van der Waals surface area contributed by atoms with Gasteiger partial charge in [-0.1, -0.05) is 5.10 Å². The van der Waals surface area contributed by atoms with Crippen LogP contribution in [-0.4, -0.2) is 41.7 Å². The highest BCUT2D eigenvalue weighted by Crippen LogP contribution is 2.41. The summed E-state index contributed by atoms with van der Waals surface area (Å²) in [7, 11) is 0. The van der Waals surface area contributed by atoms with E-state index in [2.05, 4.69) is 15.5 Å². The van der Waals surface area contributed by atoms with Gasteiger partial charge >= 0.3 is 6.01 Å². The summed E-state index contributed by atoms with van der Waals surface area (Å²) in [5.41, 5.74) is 0.574. The monoisotopic (exact) mass is 475 g/mol. The summed E-state index contributed by atoms with van der Waals surface area (Å²) in [5.74, 6) is 1.68. The fourth-order valence-corrected chi connectivity index (χ4v) is 3.73. The second-order valence-electron chi connectivity index (χ2n) is 6.61. The van der Waals surface area contributed by atoms with Crippen molar-refractivity contribution in [3.05, 3.63) is 42.2 Å². The van der Waals surface area contributed by atoms with Gasteiger partial charge < -0.3 is 18.6 Å². The lowest BCUT2D eigenvalue weighted by molar-refractivity contribution is -0.115. The lowest BCUT2D eigenvalue weighted by Gasteiger charge is -2.16. The molecule has 0 saturated carbocycles. The number of carbonyl (C=O) groups excluding carboxylic acids is 1. The number of benzene rings is 2. The first-order chi connectivity index (χ1) is 16.0. The van der Waals surface area contributed by atoms with E-state index in [1.807, 2.05) is 20.8 Å². The normalized spacial score (nSPS) is 10.7. The van der Waals surface area contributed by atoms with Crippen molar-refractivity contribution >= 4 is 23.7 Å². The third-order valence-corrected chi connectivity index (χ3v) is 5.25. The molecule has 0 radical (unpaired) electrons. The smallest absolute Gasteiger partial charge is 0.322 e. The van der Waals surface area contributed by atoms with Gasteiger partial charge in [-0.25, -0.2) is 4.39 Å². The summed E-state index contributed by atoms with van der Waals surface area (Å²) in [6.45, 7) is 6.96. The van der Waals surface area contributed by atoms with Gasteiger partial charge in [-0.2, -0.15) is 0 Å². The Labute approximate surface area is 195 Å². The molecule has 0 unspecified atom stereocenters. The van der Waals surface area contributed by atoms with E-state index >= 15 is 0 Å². The van der Waals surface area contributed by atoms with Crippen LogP contribution in [-0.2, 0) is 4.79 Å². The van der Waals surface area contributed by atoms with Crippen molar-refractivity contribution in [3.63, 3.8) is 0 Å². The van der Waals surface area contributed by atoms with Gasteiger partial charge in [0.1, 0.15) is 5.82 Å². The maximum absolute atomic E-state index is 13.0. The molecule has 2 aromatic carbocycles. The molecule has 3 rings (SSSR count). The van der Waals surface area contributed by atoms with Gasteiger partial charge in [-0.3, -0.25) is 10.1 Å². The van der Waals surface area contributed by atoms with Gasteiger partial charge in [0.05, 0.1) is 19.8 Å². The number of amides is 1. The molecule has 176 valence electrons. The maximum atomic E-state index is 13.0. The second kappa shape index (κ2) is 12.1. The minimum absolute atomic E-state index is 0.00779. The standard InChI is InChI=1S/C23H26FN3O5S/c1-4-29-18-13-15(14-19(30-5-2)21(18)31-6-3)22-26-27-23(32-22)25-20(28)11-12-33-17-9-7-16(24)8-10-17/h7-10,13-14H,4-6,11-12H2,1-3H3,(H,25,27,28). The Hall–Kier alpha value is -3.27. The predicted molar refractivity (Wildman–Crippen MR) is 124 cm³/mol. The van der Waals surface area contributed by atoms with E-state index in [1.54, 1.807) is 24.3 Å². The van der Waals surface area contributed by atoms with Crippen LogP contribution in [0.5, 0.6) is 17.2 Å². The van der Waals surface area contributed by atoms with E-state index in [1.165, 1.54) is 23.9 Å². The van der Waals surface area contributed by atoms with Crippen molar-refractivity contribution in [2.45, 2.75) is 32.1 Å². The first-order valence-electron chi connectivity index (χ1n) is 10.6. The van der Waals surface area contributed by atoms with E-state index in [0.717, 1.165) is 4.90 Å². The van der Waals surface area contributed by atoms with Crippen LogP contribution in [0.3, 0.4) is 0 Å². The summed E-state index contributed by atoms with van der Waals surface area (Å²) in [5, 5.41) is 10.5. The minimum Gasteiger partial charge on any atom is -0.490 e.